The van der Waals surface area contributed by atoms with Gasteiger partial charge in [-0.3, -0.25) is 0 Å². The minimum Gasteiger partial charge on any atom is -0.488 e. The van der Waals surface area contributed by atoms with E-state index in [1.165, 1.54) is 0 Å². The SMILES string of the molecule is CC(C)S(=O)(=O)NC1CCC(CNc2ccc(OC(C)(C)C)cc2)CC1. The Labute approximate surface area is 159 Å². The number of hydrogen-bond donors (Lipinski definition) is 2. The molecule has 0 radical (unpaired) electrons. The summed E-state index contributed by atoms with van der Waals surface area (Å²) in [5, 5.41) is 3.12. The van der Waals surface area contributed by atoms with Crippen LogP contribution in [0, 0.1) is 5.92 Å². The molecule has 0 spiro atoms. The van der Waals surface area contributed by atoms with Crippen LogP contribution in [0.4, 0.5) is 5.69 Å². The van der Waals surface area contributed by atoms with Crippen molar-refractivity contribution in [2.45, 2.75) is 77.2 Å². The molecule has 0 amide bonds. The molecule has 1 fully saturated rings. The fraction of sp³-hybridized carbons (Fsp3) is 0.700. The van der Waals surface area contributed by atoms with Gasteiger partial charge in [0.1, 0.15) is 11.4 Å². The molecule has 0 atom stereocenters. The van der Waals surface area contributed by atoms with Crippen molar-refractivity contribution in [1.82, 2.24) is 4.72 Å². The molecule has 1 saturated carbocycles. The Bertz CT molecular complexity index is 655. The van der Waals surface area contributed by atoms with Gasteiger partial charge in [0.05, 0.1) is 5.25 Å². The maximum atomic E-state index is 12.0. The predicted molar refractivity (Wildman–Crippen MR) is 108 cm³/mol. The van der Waals surface area contributed by atoms with Gasteiger partial charge in [0.25, 0.3) is 0 Å². The van der Waals surface area contributed by atoms with Gasteiger partial charge in [-0.15, -0.1) is 0 Å². The van der Waals surface area contributed by atoms with Crippen LogP contribution in [0.25, 0.3) is 0 Å². The normalized spacial score (nSPS) is 21.6. The molecule has 5 nitrogen and oxygen atoms in total. The number of benzene rings is 1. The number of rotatable bonds is 7. The first-order chi connectivity index (χ1) is 12.0. The quantitative estimate of drug-likeness (QED) is 0.743. The molecule has 2 N–H and O–H groups in total. The fourth-order valence-corrected chi connectivity index (χ4v) is 4.08. The number of nitrogens with one attached hydrogen (secondary N) is 2. The van der Waals surface area contributed by atoms with Crippen molar-refractivity contribution in [2.24, 2.45) is 5.92 Å². The summed E-state index contributed by atoms with van der Waals surface area (Å²) < 4.78 is 32.6. The van der Waals surface area contributed by atoms with Crippen LogP contribution in [0.15, 0.2) is 24.3 Å². The minimum atomic E-state index is -3.17. The van der Waals surface area contributed by atoms with Crippen LogP contribution < -0.4 is 14.8 Å². The average molecular weight is 383 g/mol. The van der Waals surface area contributed by atoms with E-state index in [1.54, 1.807) is 13.8 Å². The van der Waals surface area contributed by atoms with Crippen LogP contribution in [0.1, 0.15) is 60.3 Å². The Morgan fingerprint density at radius 3 is 2.15 bits per heavy atom. The van der Waals surface area contributed by atoms with E-state index in [0.29, 0.717) is 5.92 Å². The van der Waals surface area contributed by atoms with Gasteiger partial charge in [0.15, 0.2) is 0 Å². The Kier molecular flexibility index (Phi) is 6.97. The van der Waals surface area contributed by atoms with Gasteiger partial charge in [-0.2, -0.15) is 0 Å². The zero-order chi connectivity index (χ0) is 19.4. The van der Waals surface area contributed by atoms with Gasteiger partial charge < -0.3 is 10.1 Å². The van der Waals surface area contributed by atoms with E-state index in [0.717, 1.165) is 43.7 Å². The maximum absolute atomic E-state index is 12.0. The van der Waals surface area contributed by atoms with Crippen molar-refractivity contribution in [3.8, 4) is 5.75 Å². The first-order valence-corrected chi connectivity index (χ1v) is 11.1. The third kappa shape index (κ3) is 6.80. The maximum Gasteiger partial charge on any atom is 0.214 e. The highest BCUT2D eigenvalue weighted by Gasteiger charge is 2.26. The lowest BCUT2D eigenvalue weighted by atomic mass is 9.86. The lowest BCUT2D eigenvalue weighted by Crippen LogP contribution is -2.41. The Balaban J connectivity index is 1.75. The first kappa shape index (κ1) is 21.0. The van der Waals surface area contributed by atoms with Gasteiger partial charge in [-0.05, 0) is 90.5 Å². The lowest BCUT2D eigenvalue weighted by molar-refractivity contribution is 0.131. The van der Waals surface area contributed by atoms with E-state index in [4.69, 9.17) is 4.74 Å². The molecule has 148 valence electrons. The summed E-state index contributed by atoms with van der Waals surface area (Å²) in [5.41, 5.74) is 0.902. The van der Waals surface area contributed by atoms with Crippen molar-refractivity contribution in [3.05, 3.63) is 24.3 Å². The molecule has 0 heterocycles. The van der Waals surface area contributed by atoms with E-state index >= 15 is 0 Å². The van der Waals surface area contributed by atoms with E-state index in [1.807, 2.05) is 45.0 Å². The number of sulfonamides is 1. The second-order valence-corrected chi connectivity index (χ2v) is 10.8. The molecule has 0 bridgehead atoms. The zero-order valence-corrected chi connectivity index (χ0v) is 17.5. The van der Waals surface area contributed by atoms with Crippen molar-refractivity contribution in [3.63, 3.8) is 0 Å². The zero-order valence-electron chi connectivity index (χ0n) is 16.7. The summed E-state index contributed by atoms with van der Waals surface area (Å²) in [6, 6.07) is 8.16. The van der Waals surface area contributed by atoms with Gasteiger partial charge in [0.2, 0.25) is 10.0 Å². The molecule has 1 aromatic rings. The molecule has 1 aromatic carbocycles. The first-order valence-electron chi connectivity index (χ1n) is 9.59. The number of ether oxygens (including phenoxy) is 1. The van der Waals surface area contributed by atoms with E-state index < -0.39 is 10.0 Å². The van der Waals surface area contributed by atoms with Crippen molar-refractivity contribution >= 4 is 15.7 Å². The molecule has 1 aliphatic rings. The van der Waals surface area contributed by atoms with Crippen LogP contribution in [0.3, 0.4) is 0 Å². The van der Waals surface area contributed by atoms with E-state index in [-0.39, 0.29) is 16.9 Å². The molecule has 0 saturated heterocycles. The second-order valence-electron chi connectivity index (χ2n) is 8.55. The summed E-state index contributed by atoms with van der Waals surface area (Å²) in [4.78, 5) is 0. The largest absolute Gasteiger partial charge is 0.488 e. The number of anilines is 1. The average Bonchev–Trinajstić information content (AvgIpc) is 2.54. The Morgan fingerprint density at radius 1 is 1.08 bits per heavy atom. The molecule has 2 rings (SSSR count). The lowest BCUT2D eigenvalue weighted by Gasteiger charge is -2.29. The predicted octanol–water partition coefficient (Wildman–Crippen LogP) is 4.16. The van der Waals surface area contributed by atoms with Gasteiger partial charge >= 0.3 is 0 Å². The van der Waals surface area contributed by atoms with Gasteiger partial charge in [-0.1, -0.05) is 0 Å². The van der Waals surface area contributed by atoms with Crippen LogP contribution in [0.5, 0.6) is 5.75 Å². The summed E-state index contributed by atoms with van der Waals surface area (Å²) >= 11 is 0. The fourth-order valence-electron chi connectivity index (χ4n) is 3.11. The summed E-state index contributed by atoms with van der Waals surface area (Å²) in [5.74, 6) is 1.46. The smallest absolute Gasteiger partial charge is 0.214 e. The van der Waals surface area contributed by atoms with Crippen molar-refractivity contribution in [2.75, 3.05) is 11.9 Å². The summed E-state index contributed by atoms with van der Waals surface area (Å²) in [7, 11) is -3.17. The van der Waals surface area contributed by atoms with Crippen LogP contribution >= 0.6 is 0 Å². The third-order valence-corrected chi connectivity index (χ3v) is 6.57. The van der Waals surface area contributed by atoms with Gasteiger partial charge in [0, 0.05) is 18.3 Å². The summed E-state index contributed by atoms with van der Waals surface area (Å²) in [6.07, 6.45) is 3.92. The standard InChI is InChI=1S/C20H34N2O3S/c1-15(2)26(23,24)22-18-8-6-16(7-9-18)14-21-17-10-12-19(13-11-17)25-20(3,4)5/h10-13,15-16,18,21-22H,6-9,14H2,1-5H3. The molecule has 6 heteroatoms. The Hall–Kier alpha value is -1.27. The highest BCUT2D eigenvalue weighted by molar-refractivity contribution is 7.90. The third-order valence-electron chi connectivity index (χ3n) is 4.67. The highest BCUT2D eigenvalue weighted by Crippen LogP contribution is 2.26. The second kappa shape index (κ2) is 8.61. The highest BCUT2D eigenvalue weighted by atomic mass is 32.2. The molecule has 26 heavy (non-hydrogen) atoms. The van der Waals surface area contributed by atoms with E-state index in [2.05, 4.69) is 10.0 Å². The van der Waals surface area contributed by atoms with Crippen molar-refractivity contribution in [1.29, 1.82) is 0 Å². The topological polar surface area (TPSA) is 67.4 Å². The molecular weight excluding hydrogens is 348 g/mol. The number of hydrogen-bond acceptors (Lipinski definition) is 4. The molecule has 0 unspecified atom stereocenters. The van der Waals surface area contributed by atoms with Gasteiger partial charge in [-0.25, -0.2) is 13.1 Å². The minimum absolute atomic E-state index is 0.0903. The van der Waals surface area contributed by atoms with Crippen LogP contribution in [-0.4, -0.2) is 31.9 Å². The molecule has 0 aliphatic heterocycles. The van der Waals surface area contributed by atoms with E-state index in [9.17, 15) is 8.42 Å². The monoisotopic (exact) mass is 382 g/mol. The molecular formula is C20H34N2O3S. The van der Waals surface area contributed by atoms with Crippen LogP contribution in [-0.2, 0) is 10.0 Å². The van der Waals surface area contributed by atoms with Crippen molar-refractivity contribution < 1.29 is 13.2 Å². The summed E-state index contributed by atoms with van der Waals surface area (Å²) in [6.45, 7) is 10.5. The molecule has 1 aliphatic carbocycles. The molecule has 0 aromatic heterocycles. The van der Waals surface area contributed by atoms with Crippen LogP contribution in [0.2, 0.25) is 0 Å². The Morgan fingerprint density at radius 2 is 1.65 bits per heavy atom.